The lowest BCUT2D eigenvalue weighted by atomic mass is 9.97. The fourth-order valence-electron chi connectivity index (χ4n) is 3.94. The molecule has 0 aromatic carbocycles. The molecule has 0 saturated carbocycles. The van der Waals surface area contributed by atoms with E-state index in [0.29, 0.717) is 24.1 Å². The van der Waals surface area contributed by atoms with E-state index < -0.39 is 0 Å². The number of likely N-dealkylation sites (tertiary alicyclic amines) is 1. The molecule has 3 aromatic heterocycles. The molecule has 3 aromatic rings. The van der Waals surface area contributed by atoms with Crippen LogP contribution in [-0.4, -0.2) is 65.7 Å². The van der Waals surface area contributed by atoms with Gasteiger partial charge in [0.15, 0.2) is 5.69 Å². The summed E-state index contributed by atoms with van der Waals surface area (Å²) in [6.07, 6.45) is 3.92. The maximum Gasteiger partial charge on any atom is 0.271 e. The summed E-state index contributed by atoms with van der Waals surface area (Å²) in [6.45, 7) is 6.50. The molecule has 1 aliphatic rings. The molecule has 1 atom stereocenters. The second-order valence-electron chi connectivity index (χ2n) is 8.14. The van der Waals surface area contributed by atoms with Crippen LogP contribution in [0.4, 0.5) is 5.95 Å². The fraction of sp³-hybridized carbons (Fsp3) is 0.478. The van der Waals surface area contributed by atoms with Crippen LogP contribution in [0, 0.1) is 5.92 Å². The van der Waals surface area contributed by atoms with Gasteiger partial charge in [0.05, 0.1) is 28.6 Å². The minimum Gasteiger partial charge on any atom is -0.383 e. The molecule has 4 rings (SSSR count). The number of rotatable bonds is 9. The zero-order chi connectivity index (χ0) is 22.3. The molecule has 1 saturated heterocycles. The van der Waals surface area contributed by atoms with Crippen LogP contribution in [0.25, 0.3) is 10.2 Å². The number of thiophene rings is 1. The van der Waals surface area contributed by atoms with Gasteiger partial charge >= 0.3 is 0 Å². The summed E-state index contributed by atoms with van der Waals surface area (Å²) in [5, 5.41) is 8.34. The van der Waals surface area contributed by atoms with Crippen molar-refractivity contribution in [3.8, 4) is 0 Å². The van der Waals surface area contributed by atoms with Gasteiger partial charge < -0.3 is 20.3 Å². The molecule has 8 nitrogen and oxygen atoms in total. The molecule has 0 spiro atoms. The van der Waals surface area contributed by atoms with E-state index in [2.05, 4.69) is 30.5 Å². The van der Waals surface area contributed by atoms with Gasteiger partial charge in [0.25, 0.3) is 5.91 Å². The first-order chi connectivity index (χ1) is 15.6. The Morgan fingerprint density at radius 3 is 2.88 bits per heavy atom. The van der Waals surface area contributed by atoms with Crippen LogP contribution in [0.2, 0.25) is 0 Å². The summed E-state index contributed by atoms with van der Waals surface area (Å²) >= 11 is 1.49. The third kappa shape index (κ3) is 5.59. The van der Waals surface area contributed by atoms with Crippen LogP contribution < -0.4 is 10.6 Å². The van der Waals surface area contributed by atoms with Crippen molar-refractivity contribution < 1.29 is 9.53 Å². The molecule has 0 aliphatic carbocycles. The predicted octanol–water partition coefficient (Wildman–Crippen LogP) is 3.35. The number of hydrogen-bond acceptors (Lipinski definition) is 8. The van der Waals surface area contributed by atoms with Crippen LogP contribution in [0.5, 0.6) is 0 Å². The lowest BCUT2D eigenvalue weighted by molar-refractivity contribution is 0.0923. The van der Waals surface area contributed by atoms with Crippen LogP contribution in [0.15, 0.2) is 35.8 Å². The number of pyridine rings is 1. The van der Waals surface area contributed by atoms with Crippen LogP contribution in [-0.2, 0) is 4.74 Å². The van der Waals surface area contributed by atoms with Gasteiger partial charge in [0, 0.05) is 26.4 Å². The SMILES string of the molecule is COCCN1CCC(CNC(=O)c2nc(N[C@@H](C)c3ccccn3)nc3ccsc23)CC1. The van der Waals surface area contributed by atoms with Crippen molar-refractivity contribution in [1.29, 1.82) is 0 Å². The topological polar surface area (TPSA) is 92.3 Å². The number of anilines is 1. The van der Waals surface area contributed by atoms with Gasteiger partial charge in [-0.3, -0.25) is 9.78 Å². The van der Waals surface area contributed by atoms with Crippen molar-refractivity contribution >= 4 is 33.4 Å². The molecule has 1 fully saturated rings. The van der Waals surface area contributed by atoms with E-state index in [0.717, 1.165) is 55.0 Å². The lowest BCUT2D eigenvalue weighted by Crippen LogP contribution is -2.40. The monoisotopic (exact) mass is 454 g/mol. The lowest BCUT2D eigenvalue weighted by Gasteiger charge is -2.31. The zero-order valence-corrected chi connectivity index (χ0v) is 19.4. The minimum atomic E-state index is -0.143. The summed E-state index contributed by atoms with van der Waals surface area (Å²) in [4.78, 5) is 29.0. The van der Waals surface area contributed by atoms with Crippen LogP contribution in [0.3, 0.4) is 0 Å². The van der Waals surface area contributed by atoms with E-state index in [4.69, 9.17) is 4.74 Å². The second kappa shape index (κ2) is 10.8. The first-order valence-electron chi connectivity index (χ1n) is 11.1. The summed E-state index contributed by atoms with van der Waals surface area (Å²) < 4.78 is 5.98. The molecule has 2 N–H and O–H groups in total. The average Bonchev–Trinajstić information content (AvgIpc) is 3.30. The number of methoxy groups -OCH3 is 1. The van der Waals surface area contributed by atoms with Crippen molar-refractivity contribution in [3.05, 3.63) is 47.2 Å². The number of hydrogen-bond donors (Lipinski definition) is 2. The van der Waals surface area contributed by atoms with E-state index >= 15 is 0 Å². The number of nitrogens with zero attached hydrogens (tertiary/aromatic N) is 4. The molecule has 1 amide bonds. The smallest absolute Gasteiger partial charge is 0.271 e. The van der Waals surface area contributed by atoms with E-state index in [1.807, 2.05) is 36.6 Å². The largest absolute Gasteiger partial charge is 0.383 e. The number of fused-ring (bicyclic) bond motifs is 1. The highest BCUT2D eigenvalue weighted by atomic mass is 32.1. The van der Waals surface area contributed by atoms with Crippen LogP contribution >= 0.6 is 11.3 Å². The van der Waals surface area contributed by atoms with Gasteiger partial charge in [0.2, 0.25) is 5.95 Å². The second-order valence-corrected chi connectivity index (χ2v) is 9.06. The molecule has 0 bridgehead atoms. The molecule has 1 aliphatic heterocycles. The van der Waals surface area contributed by atoms with Crippen molar-refractivity contribution in [2.75, 3.05) is 45.2 Å². The van der Waals surface area contributed by atoms with E-state index in [1.54, 1.807) is 13.3 Å². The van der Waals surface area contributed by atoms with Gasteiger partial charge in [-0.25, -0.2) is 9.97 Å². The Labute approximate surface area is 192 Å². The Hall–Kier alpha value is -2.62. The number of ether oxygens (including phenoxy) is 1. The number of carbonyl (C=O) groups is 1. The Balaban J connectivity index is 1.40. The molecule has 170 valence electrons. The van der Waals surface area contributed by atoms with Crippen molar-refractivity contribution in [1.82, 2.24) is 25.2 Å². The first-order valence-corrected chi connectivity index (χ1v) is 11.9. The van der Waals surface area contributed by atoms with Gasteiger partial charge in [-0.2, -0.15) is 0 Å². The average molecular weight is 455 g/mol. The number of nitrogens with one attached hydrogen (secondary N) is 2. The Bertz CT molecular complexity index is 1020. The highest BCUT2D eigenvalue weighted by Gasteiger charge is 2.22. The maximum absolute atomic E-state index is 13.1. The van der Waals surface area contributed by atoms with Crippen LogP contribution in [0.1, 0.15) is 42.0 Å². The van der Waals surface area contributed by atoms with Gasteiger partial charge in [-0.15, -0.1) is 11.3 Å². The number of amides is 1. The van der Waals surface area contributed by atoms with Gasteiger partial charge in [-0.05, 0) is 62.4 Å². The Kier molecular flexibility index (Phi) is 7.62. The fourth-order valence-corrected chi connectivity index (χ4v) is 4.75. The van der Waals surface area contributed by atoms with Crippen molar-refractivity contribution in [2.24, 2.45) is 5.92 Å². The van der Waals surface area contributed by atoms with Crippen molar-refractivity contribution in [3.63, 3.8) is 0 Å². The molecular formula is C23H30N6O2S. The van der Waals surface area contributed by atoms with E-state index in [-0.39, 0.29) is 11.9 Å². The summed E-state index contributed by atoms with van der Waals surface area (Å²) in [6, 6.07) is 7.63. The number of carbonyl (C=O) groups excluding carboxylic acids is 1. The Morgan fingerprint density at radius 2 is 2.12 bits per heavy atom. The minimum absolute atomic E-state index is 0.0773. The molecule has 9 heteroatoms. The molecule has 32 heavy (non-hydrogen) atoms. The van der Waals surface area contributed by atoms with E-state index in [9.17, 15) is 4.79 Å². The normalized spacial score (nSPS) is 16.2. The summed E-state index contributed by atoms with van der Waals surface area (Å²) in [5.74, 6) is 0.779. The number of aromatic nitrogens is 3. The molecule has 0 unspecified atom stereocenters. The molecule has 0 radical (unpaired) electrons. The highest BCUT2D eigenvalue weighted by molar-refractivity contribution is 7.17. The highest BCUT2D eigenvalue weighted by Crippen LogP contribution is 2.25. The third-order valence-corrected chi connectivity index (χ3v) is 6.78. The zero-order valence-electron chi connectivity index (χ0n) is 18.6. The standard InChI is InChI=1S/C23H30N6O2S/c1-16(18-5-3-4-9-24-18)26-23-27-19-8-14-32-21(19)20(28-23)22(30)25-15-17-6-10-29(11-7-17)12-13-31-2/h3-5,8-9,14,16-17H,6-7,10-13,15H2,1-2H3,(H,25,30)(H,26,27,28)/t16-/m0/s1. The molecular weight excluding hydrogens is 424 g/mol. The Morgan fingerprint density at radius 1 is 1.28 bits per heavy atom. The summed E-state index contributed by atoms with van der Waals surface area (Å²) in [5.41, 5.74) is 2.10. The number of piperidine rings is 1. The quantitative estimate of drug-likeness (QED) is 0.512. The maximum atomic E-state index is 13.1. The van der Waals surface area contributed by atoms with Crippen molar-refractivity contribution in [2.45, 2.75) is 25.8 Å². The third-order valence-electron chi connectivity index (χ3n) is 5.87. The van der Waals surface area contributed by atoms with Gasteiger partial charge in [-0.1, -0.05) is 6.07 Å². The van der Waals surface area contributed by atoms with E-state index in [1.165, 1.54) is 11.3 Å². The predicted molar refractivity (Wildman–Crippen MR) is 127 cm³/mol. The molecule has 4 heterocycles. The van der Waals surface area contributed by atoms with Gasteiger partial charge in [0.1, 0.15) is 0 Å². The summed E-state index contributed by atoms with van der Waals surface area (Å²) in [7, 11) is 1.74. The first kappa shape index (κ1) is 22.6.